The quantitative estimate of drug-likeness (QED) is 0.802. The lowest BCUT2D eigenvalue weighted by Crippen LogP contribution is -2.38. The molecule has 0 aliphatic carbocycles. The van der Waals surface area contributed by atoms with Crippen molar-refractivity contribution in [2.24, 2.45) is 0 Å². The summed E-state index contributed by atoms with van der Waals surface area (Å²) < 4.78 is 5.28. The Hall–Kier alpha value is -1.59. The second-order valence-corrected chi connectivity index (χ2v) is 4.83. The van der Waals surface area contributed by atoms with Gasteiger partial charge in [-0.2, -0.15) is 0 Å². The molecule has 1 aromatic rings. The Morgan fingerprint density at radius 1 is 1.42 bits per heavy atom. The van der Waals surface area contributed by atoms with Gasteiger partial charge in [-0.15, -0.1) is 0 Å². The van der Waals surface area contributed by atoms with Gasteiger partial charge in [-0.25, -0.2) is 0 Å². The smallest absolute Gasteiger partial charge is 0.225 e. The van der Waals surface area contributed by atoms with Crippen LogP contribution in [0.25, 0.3) is 0 Å². The van der Waals surface area contributed by atoms with Crippen molar-refractivity contribution in [1.82, 2.24) is 4.90 Å². The van der Waals surface area contributed by atoms with Crippen LogP contribution in [0.15, 0.2) is 18.2 Å². The molecule has 1 heterocycles. The van der Waals surface area contributed by atoms with E-state index < -0.39 is 0 Å². The van der Waals surface area contributed by atoms with Gasteiger partial charge in [-0.3, -0.25) is 9.69 Å². The number of nitrogens with two attached hydrogens (primary N) is 1. The molecule has 1 amide bonds. The molecule has 0 bridgehead atoms. The molecule has 0 aromatic heterocycles. The van der Waals surface area contributed by atoms with Crippen molar-refractivity contribution in [1.29, 1.82) is 0 Å². The third kappa shape index (κ3) is 4.22. The SMILES string of the molecule is Cc1cc(N)ccc1NC(=O)CCN1CCOCC1. The molecule has 2 rings (SSSR count). The molecular formula is C14H21N3O2. The van der Waals surface area contributed by atoms with Crippen molar-refractivity contribution < 1.29 is 9.53 Å². The normalized spacial score (nSPS) is 16.3. The number of benzene rings is 1. The van der Waals surface area contributed by atoms with Crippen LogP contribution in [-0.4, -0.2) is 43.7 Å². The van der Waals surface area contributed by atoms with Gasteiger partial charge in [-0.1, -0.05) is 0 Å². The van der Waals surface area contributed by atoms with Crippen molar-refractivity contribution in [2.75, 3.05) is 43.9 Å². The second-order valence-electron chi connectivity index (χ2n) is 4.83. The Labute approximate surface area is 113 Å². The molecule has 19 heavy (non-hydrogen) atoms. The number of amides is 1. The molecular weight excluding hydrogens is 242 g/mol. The lowest BCUT2D eigenvalue weighted by Gasteiger charge is -2.26. The number of hydrogen-bond donors (Lipinski definition) is 2. The Kier molecular flexibility index (Phi) is 4.76. The number of nitrogens with zero attached hydrogens (tertiary/aromatic N) is 1. The van der Waals surface area contributed by atoms with Crippen LogP contribution in [0.5, 0.6) is 0 Å². The number of nitrogen functional groups attached to an aromatic ring is 1. The molecule has 0 saturated carbocycles. The van der Waals surface area contributed by atoms with Crippen LogP contribution in [0.3, 0.4) is 0 Å². The first kappa shape index (κ1) is 13.8. The first-order valence-corrected chi connectivity index (χ1v) is 6.61. The zero-order chi connectivity index (χ0) is 13.7. The Morgan fingerprint density at radius 3 is 2.84 bits per heavy atom. The van der Waals surface area contributed by atoms with Gasteiger partial charge in [0.25, 0.3) is 0 Å². The summed E-state index contributed by atoms with van der Waals surface area (Å²) >= 11 is 0. The highest BCUT2D eigenvalue weighted by Gasteiger charge is 2.12. The van der Waals surface area contributed by atoms with E-state index in [-0.39, 0.29) is 5.91 Å². The molecule has 1 fully saturated rings. The van der Waals surface area contributed by atoms with Gasteiger partial charge >= 0.3 is 0 Å². The van der Waals surface area contributed by atoms with Crippen molar-refractivity contribution in [3.05, 3.63) is 23.8 Å². The van der Waals surface area contributed by atoms with Gasteiger partial charge in [0.05, 0.1) is 13.2 Å². The molecule has 0 atom stereocenters. The first-order valence-electron chi connectivity index (χ1n) is 6.61. The lowest BCUT2D eigenvalue weighted by atomic mass is 10.1. The van der Waals surface area contributed by atoms with E-state index in [2.05, 4.69) is 10.2 Å². The fourth-order valence-electron chi connectivity index (χ4n) is 2.12. The number of rotatable bonds is 4. The highest BCUT2D eigenvalue weighted by molar-refractivity contribution is 5.91. The molecule has 104 valence electrons. The van der Waals surface area contributed by atoms with Crippen LogP contribution in [-0.2, 0) is 9.53 Å². The van der Waals surface area contributed by atoms with Crippen molar-refractivity contribution in [3.8, 4) is 0 Å². The number of carbonyl (C=O) groups excluding carboxylic acids is 1. The first-order chi connectivity index (χ1) is 9.15. The van der Waals surface area contributed by atoms with Gasteiger partial charge in [0.15, 0.2) is 0 Å². The maximum Gasteiger partial charge on any atom is 0.225 e. The van der Waals surface area contributed by atoms with Crippen molar-refractivity contribution >= 4 is 17.3 Å². The highest BCUT2D eigenvalue weighted by atomic mass is 16.5. The van der Waals surface area contributed by atoms with Gasteiger partial charge in [-0.05, 0) is 30.7 Å². The topological polar surface area (TPSA) is 67.6 Å². The van der Waals surface area contributed by atoms with E-state index in [1.807, 2.05) is 19.1 Å². The van der Waals surface area contributed by atoms with E-state index in [1.54, 1.807) is 6.07 Å². The number of aryl methyl sites for hydroxylation is 1. The minimum atomic E-state index is 0.0411. The number of morpholine rings is 1. The number of hydrogen-bond acceptors (Lipinski definition) is 4. The summed E-state index contributed by atoms with van der Waals surface area (Å²) in [5, 5.41) is 2.92. The third-order valence-electron chi connectivity index (χ3n) is 3.28. The molecule has 1 saturated heterocycles. The predicted octanol–water partition coefficient (Wildman–Crippen LogP) is 1.24. The molecule has 0 radical (unpaired) electrons. The highest BCUT2D eigenvalue weighted by Crippen LogP contribution is 2.17. The van der Waals surface area contributed by atoms with Crippen LogP contribution in [0.1, 0.15) is 12.0 Å². The number of nitrogens with one attached hydrogen (secondary N) is 1. The molecule has 1 aromatic carbocycles. The van der Waals surface area contributed by atoms with Crippen LogP contribution in [0.4, 0.5) is 11.4 Å². The fourth-order valence-corrected chi connectivity index (χ4v) is 2.12. The monoisotopic (exact) mass is 263 g/mol. The van der Waals surface area contributed by atoms with Crippen LogP contribution in [0.2, 0.25) is 0 Å². The Balaban J connectivity index is 1.80. The summed E-state index contributed by atoms with van der Waals surface area (Å²) in [6.45, 7) is 6.07. The standard InChI is InChI=1S/C14H21N3O2/c1-11-10-12(15)2-3-13(11)16-14(18)4-5-17-6-8-19-9-7-17/h2-3,10H,4-9,15H2,1H3,(H,16,18). The third-order valence-corrected chi connectivity index (χ3v) is 3.28. The van der Waals surface area contributed by atoms with Gasteiger partial charge < -0.3 is 15.8 Å². The van der Waals surface area contributed by atoms with Crippen LogP contribution >= 0.6 is 0 Å². The number of anilines is 2. The van der Waals surface area contributed by atoms with E-state index in [0.29, 0.717) is 12.1 Å². The average Bonchev–Trinajstić information content (AvgIpc) is 2.41. The van der Waals surface area contributed by atoms with E-state index in [1.165, 1.54) is 0 Å². The van der Waals surface area contributed by atoms with Crippen molar-refractivity contribution in [2.45, 2.75) is 13.3 Å². The second kappa shape index (κ2) is 6.54. The van der Waals surface area contributed by atoms with E-state index in [0.717, 1.165) is 44.1 Å². The van der Waals surface area contributed by atoms with E-state index >= 15 is 0 Å². The maximum atomic E-state index is 11.9. The van der Waals surface area contributed by atoms with E-state index in [9.17, 15) is 4.79 Å². The Morgan fingerprint density at radius 2 is 2.16 bits per heavy atom. The van der Waals surface area contributed by atoms with Crippen LogP contribution < -0.4 is 11.1 Å². The molecule has 3 N–H and O–H groups in total. The molecule has 0 spiro atoms. The summed E-state index contributed by atoms with van der Waals surface area (Å²) in [6, 6.07) is 5.50. The average molecular weight is 263 g/mol. The molecule has 5 heteroatoms. The zero-order valence-electron chi connectivity index (χ0n) is 11.3. The Bertz CT molecular complexity index is 442. The van der Waals surface area contributed by atoms with Gasteiger partial charge in [0.2, 0.25) is 5.91 Å². The summed E-state index contributed by atoms with van der Waals surface area (Å²) in [5.74, 6) is 0.0411. The maximum absolute atomic E-state index is 11.9. The molecule has 5 nitrogen and oxygen atoms in total. The van der Waals surface area contributed by atoms with Crippen molar-refractivity contribution in [3.63, 3.8) is 0 Å². The fraction of sp³-hybridized carbons (Fsp3) is 0.500. The van der Waals surface area contributed by atoms with E-state index in [4.69, 9.17) is 10.5 Å². The zero-order valence-corrected chi connectivity index (χ0v) is 11.3. The van der Waals surface area contributed by atoms with Gasteiger partial charge in [0, 0.05) is 37.4 Å². The summed E-state index contributed by atoms with van der Waals surface area (Å²) in [7, 11) is 0. The van der Waals surface area contributed by atoms with Crippen LogP contribution in [0, 0.1) is 6.92 Å². The molecule has 1 aliphatic rings. The summed E-state index contributed by atoms with van der Waals surface area (Å²) in [4.78, 5) is 14.1. The minimum absolute atomic E-state index is 0.0411. The number of carbonyl (C=O) groups is 1. The van der Waals surface area contributed by atoms with Gasteiger partial charge in [0.1, 0.15) is 0 Å². The molecule has 0 unspecified atom stereocenters. The predicted molar refractivity (Wildman–Crippen MR) is 76.1 cm³/mol. The molecule has 1 aliphatic heterocycles. The number of ether oxygens (including phenoxy) is 1. The minimum Gasteiger partial charge on any atom is -0.399 e. The lowest BCUT2D eigenvalue weighted by molar-refractivity contribution is -0.116. The largest absolute Gasteiger partial charge is 0.399 e. The summed E-state index contributed by atoms with van der Waals surface area (Å²) in [6.07, 6.45) is 0.504. The summed E-state index contributed by atoms with van der Waals surface area (Å²) in [5.41, 5.74) is 8.22.